The molecule has 0 aromatic carbocycles. The van der Waals surface area contributed by atoms with Crippen LogP contribution in [0.1, 0.15) is 58.8 Å². The van der Waals surface area contributed by atoms with Gasteiger partial charge in [-0.05, 0) is 39.2 Å². The number of carboxylic acids is 1. The number of hydrogen-bond donors (Lipinski definition) is 1. The average molecular weight is 241 g/mol. The zero-order valence-corrected chi connectivity index (χ0v) is 11.5. The second-order valence-corrected chi connectivity index (χ2v) is 5.71. The molecule has 0 saturated heterocycles. The first-order valence-electron chi connectivity index (χ1n) is 6.95. The van der Waals surface area contributed by atoms with Crippen molar-refractivity contribution in [2.45, 2.75) is 64.3 Å². The molecule has 1 rings (SSSR count). The maximum atomic E-state index is 11.5. The van der Waals surface area contributed by atoms with Crippen LogP contribution in [-0.4, -0.2) is 35.1 Å². The first-order valence-corrected chi connectivity index (χ1v) is 6.95. The van der Waals surface area contributed by atoms with Crippen LogP contribution in [0.4, 0.5) is 0 Å². The largest absolute Gasteiger partial charge is 0.480 e. The van der Waals surface area contributed by atoms with E-state index in [1.54, 1.807) is 0 Å². The van der Waals surface area contributed by atoms with Gasteiger partial charge in [-0.1, -0.05) is 32.6 Å². The van der Waals surface area contributed by atoms with Gasteiger partial charge in [0, 0.05) is 6.54 Å². The van der Waals surface area contributed by atoms with E-state index >= 15 is 0 Å². The standard InChI is InChI=1S/C14H27NO2/c1-4-5-6-7-10-14(2,13(16)17)15(3)11-12-8-9-12/h12H,4-11H2,1-3H3,(H,16,17). The Morgan fingerprint density at radius 1 is 1.35 bits per heavy atom. The van der Waals surface area contributed by atoms with E-state index in [1.165, 1.54) is 25.7 Å². The van der Waals surface area contributed by atoms with Crippen molar-refractivity contribution in [3.8, 4) is 0 Å². The Hall–Kier alpha value is -0.570. The van der Waals surface area contributed by atoms with Gasteiger partial charge in [0.05, 0.1) is 0 Å². The van der Waals surface area contributed by atoms with Crippen molar-refractivity contribution in [1.82, 2.24) is 4.90 Å². The van der Waals surface area contributed by atoms with E-state index in [-0.39, 0.29) is 0 Å². The Bertz CT molecular complexity index is 251. The Morgan fingerprint density at radius 2 is 2.00 bits per heavy atom. The Kier molecular flexibility index (Phi) is 5.44. The summed E-state index contributed by atoms with van der Waals surface area (Å²) in [5.41, 5.74) is -0.670. The summed E-state index contributed by atoms with van der Waals surface area (Å²) in [6, 6.07) is 0. The predicted molar refractivity (Wildman–Crippen MR) is 70.2 cm³/mol. The third-order valence-corrected chi connectivity index (χ3v) is 4.05. The Balaban J connectivity index is 2.44. The molecule has 0 aliphatic heterocycles. The highest BCUT2D eigenvalue weighted by Crippen LogP contribution is 2.32. The van der Waals surface area contributed by atoms with Crippen LogP contribution >= 0.6 is 0 Å². The van der Waals surface area contributed by atoms with Gasteiger partial charge in [-0.15, -0.1) is 0 Å². The van der Waals surface area contributed by atoms with Gasteiger partial charge in [0.1, 0.15) is 5.54 Å². The molecule has 0 amide bonds. The van der Waals surface area contributed by atoms with E-state index in [9.17, 15) is 9.90 Å². The molecule has 100 valence electrons. The molecule has 1 saturated carbocycles. The summed E-state index contributed by atoms with van der Waals surface area (Å²) in [6.07, 6.45) is 7.89. The summed E-state index contributed by atoms with van der Waals surface area (Å²) in [6.45, 7) is 5.00. The topological polar surface area (TPSA) is 40.5 Å². The highest BCUT2D eigenvalue weighted by Gasteiger charge is 2.39. The summed E-state index contributed by atoms with van der Waals surface area (Å²) in [4.78, 5) is 13.5. The van der Waals surface area contributed by atoms with Crippen molar-refractivity contribution >= 4 is 5.97 Å². The normalized spacial score (nSPS) is 19.3. The highest BCUT2D eigenvalue weighted by molar-refractivity contribution is 5.78. The third-order valence-electron chi connectivity index (χ3n) is 4.05. The van der Waals surface area contributed by atoms with E-state index in [4.69, 9.17) is 0 Å². The minimum absolute atomic E-state index is 0.669. The molecule has 3 heteroatoms. The van der Waals surface area contributed by atoms with Crippen LogP contribution in [0, 0.1) is 5.92 Å². The third kappa shape index (κ3) is 4.30. The van der Waals surface area contributed by atoms with Gasteiger partial charge in [0.15, 0.2) is 0 Å². The summed E-state index contributed by atoms with van der Waals surface area (Å²) >= 11 is 0. The fourth-order valence-electron chi connectivity index (χ4n) is 2.25. The number of nitrogens with zero attached hydrogens (tertiary/aromatic N) is 1. The molecule has 0 spiro atoms. The monoisotopic (exact) mass is 241 g/mol. The van der Waals surface area contributed by atoms with E-state index in [0.29, 0.717) is 0 Å². The molecule has 0 aromatic heterocycles. The highest BCUT2D eigenvalue weighted by atomic mass is 16.4. The summed E-state index contributed by atoms with van der Waals surface area (Å²) in [5.74, 6) is 0.0754. The maximum absolute atomic E-state index is 11.5. The number of unbranched alkanes of at least 4 members (excludes halogenated alkanes) is 3. The lowest BCUT2D eigenvalue weighted by molar-refractivity contribution is -0.150. The molecular weight excluding hydrogens is 214 g/mol. The summed E-state index contributed by atoms with van der Waals surface area (Å²) in [5, 5.41) is 9.45. The number of carboxylic acid groups (broad SMARTS) is 1. The number of likely N-dealkylation sites (N-methyl/N-ethyl adjacent to an activating group) is 1. The van der Waals surface area contributed by atoms with E-state index in [2.05, 4.69) is 11.8 Å². The SMILES string of the molecule is CCCCCCC(C)(C(=O)O)N(C)CC1CC1. The fourth-order valence-corrected chi connectivity index (χ4v) is 2.25. The van der Waals surface area contributed by atoms with Crippen LogP contribution in [-0.2, 0) is 4.79 Å². The average Bonchev–Trinajstić information content (AvgIpc) is 3.07. The number of carbonyl (C=O) groups is 1. The summed E-state index contributed by atoms with van der Waals surface area (Å²) in [7, 11) is 1.96. The Morgan fingerprint density at radius 3 is 2.47 bits per heavy atom. The zero-order valence-electron chi connectivity index (χ0n) is 11.5. The molecule has 17 heavy (non-hydrogen) atoms. The number of aliphatic carboxylic acids is 1. The van der Waals surface area contributed by atoms with Gasteiger partial charge in [-0.3, -0.25) is 9.69 Å². The van der Waals surface area contributed by atoms with Gasteiger partial charge >= 0.3 is 5.97 Å². The second-order valence-electron chi connectivity index (χ2n) is 5.71. The molecule has 0 radical (unpaired) electrons. The predicted octanol–water partition coefficient (Wildman–Crippen LogP) is 3.14. The quantitative estimate of drug-likeness (QED) is 0.630. The molecular formula is C14H27NO2. The molecule has 1 aliphatic rings. The fraction of sp³-hybridized carbons (Fsp3) is 0.929. The van der Waals surface area contributed by atoms with Crippen LogP contribution in [0.15, 0.2) is 0 Å². The van der Waals surface area contributed by atoms with E-state index in [0.717, 1.165) is 31.7 Å². The Labute approximate surface area is 105 Å². The first kappa shape index (κ1) is 14.5. The minimum atomic E-state index is -0.670. The van der Waals surface area contributed by atoms with Crippen LogP contribution in [0.25, 0.3) is 0 Å². The van der Waals surface area contributed by atoms with E-state index < -0.39 is 11.5 Å². The van der Waals surface area contributed by atoms with Crippen LogP contribution in [0.2, 0.25) is 0 Å². The first-order chi connectivity index (χ1) is 8.00. The second kappa shape index (κ2) is 6.39. The van der Waals surface area contributed by atoms with Crippen molar-refractivity contribution in [3.05, 3.63) is 0 Å². The van der Waals surface area contributed by atoms with E-state index in [1.807, 2.05) is 14.0 Å². The van der Waals surface area contributed by atoms with Crippen molar-refractivity contribution in [3.63, 3.8) is 0 Å². The van der Waals surface area contributed by atoms with Crippen molar-refractivity contribution < 1.29 is 9.90 Å². The molecule has 1 fully saturated rings. The van der Waals surface area contributed by atoms with Crippen LogP contribution in [0.5, 0.6) is 0 Å². The molecule has 1 N–H and O–H groups in total. The lowest BCUT2D eigenvalue weighted by atomic mass is 9.92. The molecule has 1 aliphatic carbocycles. The molecule has 0 heterocycles. The number of rotatable bonds is 9. The van der Waals surface area contributed by atoms with Crippen molar-refractivity contribution in [2.75, 3.05) is 13.6 Å². The minimum Gasteiger partial charge on any atom is -0.480 e. The molecule has 0 bridgehead atoms. The van der Waals surface area contributed by atoms with Gasteiger partial charge in [0.2, 0.25) is 0 Å². The molecule has 1 unspecified atom stereocenters. The lowest BCUT2D eigenvalue weighted by Crippen LogP contribution is -2.51. The molecule has 0 aromatic rings. The summed E-state index contributed by atoms with van der Waals surface area (Å²) < 4.78 is 0. The van der Waals surface area contributed by atoms with Crippen LogP contribution < -0.4 is 0 Å². The lowest BCUT2D eigenvalue weighted by Gasteiger charge is -2.35. The maximum Gasteiger partial charge on any atom is 0.323 e. The van der Waals surface area contributed by atoms with Gasteiger partial charge < -0.3 is 5.11 Å². The van der Waals surface area contributed by atoms with Crippen molar-refractivity contribution in [1.29, 1.82) is 0 Å². The van der Waals surface area contributed by atoms with Crippen LogP contribution in [0.3, 0.4) is 0 Å². The number of hydrogen-bond acceptors (Lipinski definition) is 2. The van der Waals surface area contributed by atoms with Gasteiger partial charge in [-0.25, -0.2) is 0 Å². The van der Waals surface area contributed by atoms with Gasteiger partial charge in [-0.2, -0.15) is 0 Å². The smallest absolute Gasteiger partial charge is 0.323 e. The molecule has 3 nitrogen and oxygen atoms in total. The molecule has 1 atom stereocenters. The van der Waals surface area contributed by atoms with Crippen molar-refractivity contribution in [2.24, 2.45) is 5.92 Å². The zero-order chi connectivity index (χ0) is 12.9. The van der Waals surface area contributed by atoms with Gasteiger partial charge in [0.25, 0.3) is 0 Å².